The SMILES string of the molecule is CCCNCc1cccc(OC)c1OCc1ccccc1C. The molecule has 0 bridgehead atoms. The van der Waals surface area contributed by atoms with Gasteiger partial charge in [-0.2, -0.15) is 0 Å². The average molecular weight is 299 g/mol. The lowest BCUT2D eigenvalue weighted by Gasteiger charge is -2.16. The quantitative estimate of drug-likeness (QED) is 0.745. The minimum Gasteiger partial charge on any atom is -0.493 e. The highest BCUT2D eigenvalue weighted by Crippen LogP contribution is 2.32. The van der Waals surface area contributed by atoms with Crippen molar-refractivity contribution >= 4 is 0 Å². The summed E-state index contributed by atoms with van der Waals surface area (Å²) in [5.41, 5.74) is 3.56. The van der Waals surface area contributed by atoms with Crippen LogP contribution in [0.25, 0.3) is 0 Å². The van der Waals surface area contributed by atoms with E-state index in [-0.39, 0.29) is 0 Å². The van der Waals surface area contributed by atoms with Crippen molar-refractivity contribution in [3.63, 3.8) is 0 Å². The smallest absolute Gasteiger partial charge is 0.166 e. The second kappa shape index (κ2) is 8.44. The summed E-state index contributed by atoms with van der Waals surface area (Å²) in [6.07, 6.45) is 1.11. The summed E-state index contributed by atoms with van der Waals surface area (Å²) >= 11 is 0. The molecule has 3 heteroatoms. The zero-order valence-electron chi connectivity index (χ0n) is 13.7. The maximum Gasteiger partial charge on any atom is 0.166 e. The molecule has 0 atom stereocenters. The minimum absolute atomic E-state index is 0.549. The zero-order chi connectivity index (χ0) is 15.8. The third-order valence-corrected chi connectivity index (χ3v) is 3.66. The number of hydrogen-bond donors (Lipinski definition) is 1. The van der Waals surface area contributed by atoms with E-state index in [1.807, 2.05) is 24.3 Å². The predicted molar refractivity (Wildman–Crippen MR) is 90.5 cm³/mol. The van der Waals surface area contributed by atoms with Gasteiger partial charge in [0.15, 0.2) is 11.5 Å². The van der Waals surface area contributed by atoms with Crippen molar-refractivity contribution in [3.8, 4) is 11.5 Å². The van der Waals surface area contributed by atoms with Crippen LogP contribution in [0.3, 0.4) is 0 Å². The number of methoxy groups -OCH3 is 1. The van der Waals surface area contributed by atoms with Gasteiger partial charge in [-0.3, -0.25) is 0 Å². The maximum absolute atomic E-state index is 6.09. The summed E-state index contributed by atoms with van der Waals surface area (Å²) in [7, 11) is 1.68. The third kappa shape index (κ3) is 4.25. The van der Waals surface area contributed by atoms with Crippen LogP contribution >= 0.6 is 0 Å². The Kier molecular flexibility index (Phi) is 6.28. The van der Waals surface area contributed by atoms with E-state index in [2.05, 4.69) is 37.4 Å². The first-order valence-corrected chi connectivity index (χ1v) is 7.80. The van der Waals surface area contributed by atoms with E-state index in [4.69, 9.17) is 9.47 Å². The van der Waals surface area contributed by atoms with Gasteiger partial charge in [-0.05, 0) is 37.1 Å². The molecule has 0 aromatic heterocycles. The molecule has 2 aromatic carbocycles. The molecule has 0 saturated heterocycles. The summed E-state index contributed by atoms with van der Waals surface area (Å²) in [5, 5.41) is 3.42. The molecule has 0 heterocycles. The van der Waals surface area contributed by atoms with Crippen LogP contribution in [0.2, 0.25) is 0 Å². The zero-order valence-corrected chi connectivity index (χ0v) is 13.7. The average Bonchev–Trinajstić information content (AvgIpc) is 2.55. The number of ether oxygens (including phenoxy) is 2. The lowest BCUT2D eigenvalue weighted by molar-refractivity contribution is 0.280. The van der Waals surface area contributed by atoms with Crippen molar-refractivity contribution in [2.24, 2.45) is 0 Å². The molecule has 2 aromatic rings. The van der Waals surface area contributed by atoms with Gasteiger partial charge >= 0.3 is 0 Å². The lowest BCUT2D eigenvalue weighted by atomic mass is 10.1. The van der Waals surface area contributed by atoms with Gasteiger partial charge in [-0.25, -0.2) is 0 Å². The molecule has 22 heavy (non-hydrogen) atoms. The van der Waals surface area contributed by atoms with Crippen LogP contribution in [-0.4, -0.2) is 13.7 Å². The number of rotatable bonds is 8. The van der Waals surface area contributed by atoms with E-state index in [9.17, 15) is 0 Å². The summed E-state index contributed by atoms with van der Waals surface area (Å²) < 4.78 is 11.5. The molecule has 0 spiro atoms. The van der Waals surface area contributed by atoms with Gasteiger partial charge in [0.2, 0.25) is 0 Å². The fourth-order valence-electron chi connectivity index (χ4n) is 2.35. The van der Waals surface area contributed by atoms with Crippen molar-refractivity contribution in [2.75, 3.05) is 13.7 Å². The normalized spacial score (nSPS) is 10.5. The minimum atomic E-state index is 0.549. The van der Waals surface area contributed by atoms with E-state index in [0.29, 0.717) is 6.61 Å². The second-order valence-electron chi connectivity index (χ2n) is 5.34. The molecule has 0 radical (unpaired) electrons. The molecular weight excluding hydrogens is 274 g/mol. The Morgan fingerprint density at radius 2 is 1.77 bits per heavy atom. The first-order chi connectivity index (χ1) is 10.8. The van der Waals surface area contributed by atoms with Crippen LogP contribution < -0.4 is 14.8 Å². The highest BCUT2D eigenvalue weighted by atomic mass is 16.5. The van der Waals surface area contributed by atoms with Crippen LogP contribution in [0.4, 0.5) is 0 Å². The topological polar surface area (TPSA) is 30.5 Å². The van der Waals surface area contributed by atoms with Gasteiger partial charge in [0.05, 0.1) is 7.11 Å². The maximum atomic E-state index is 6.09. The molecule has 118 valence electrons. The molecular formula is C19H25NO2. The molecule has 0 fully saturated rings. The van der Waals surface area contributed by atoms with Crippen molar-refractivity contribution in [3.05, 3.63) is 59.2 Å². The van der Waals surface area contributed by atoms with Crippen molar-refractivity contribution in [2.45, 2.75) is 33.4 Å². The van der Waals surface area contributed by atoms with Gasteiger partial charge in [-0.1, -0.05) is 43.3 Å². The van der Waals surface area contributed by atoms with Crippen LogP contribution in [-0.2, 0) is 13.2 Å². The number of benzene rings is 2. The molecule has 0 unspecified atom stereocenters. The monoisotopic (exact) mass is 299 g/mol. The van der Waals surface area contributed by atoms with Crippen LogP contribution in [0.5, 0.6) is 11.5 Å². The Morgan fingerprint density at radius 1 is 1.00 bits per heavy atom. The van der Waals surface area contributed by atoms with Gasteiger partial charge in [0.1, 0.15) is 6.61 Å². The van der Waals surface area contributed by atoms with E-state index in [0.717, 1.165) is 36.6 Å². The lowest BCUT2D eigenvalue weighted by Crippen LogP contribution is -2.15. The predicted octanol–water partition coefficient (Wildman–Crippen LogP) is 4.08. The summed E-state index contributed by atoms with van der Waals surface area (Å²) in [4.78, 5) is 0. The summed E-state index contributed by atoms with van der Waals surface area (Å²) in [6.45, 7) is 6.59. The molecule has 0 amide bonds. The van der Waals surface area contributed by atoms with Crippen molar-refractivity contribution in [1.82, 2.24) is 5.32 Å². The summed E-state index contributed by atoms with van der Waals surface area (Å²) in [5.74, 6) is 1.61. The first kappa shape index (κ1) is 16.4. The highest BCUT2D eigenvalue weighted by Gasteiger charge is 2.11. The van der Waals surface area contributed by atoms with Crippen LogP contribution in [0.15, 0.2) is 42.5 Å². The van der Waals surface area contributed by atoms with E-state index < -0.39 is 0 Å². The molecule has 0 aliphatic carbocycles. The second-order valence-corrected chi connectivity index (χ2v) is 5.34. The van der Waals surface area contributed by atoms with Gasteiger partial charge < -0.3 is 14.8 Å². The van der Waals surface area contributed by atoms with Gasteiger partial charge in [0.25, 0.3) is 0 Å². The Hall–Kier alpha value is -2.00. The molecule has 1 N–H and O–H groups in total. The Labute approximate surface area is 133 Å². The Bertz CT molecular complexity index is 596. The molecule has 2 rings (SSSR count). The van der Waals surface area contributed by atoms with Gasteiger partial charge in [0, 0.05) is 12.1 Å². The van der Waals surface area contributed by atoms with Crippen molar-refractivity contribution < 1.29 is 9.47 Å². The van der Waals surface area contributed by atoms with Crippen molar-refractivity contribution in [1.29, 1.82) is 0 Å². The molecule has 3 nitrogen and oxygen atoms in total. The number of para-hydroxylation sites is 1. The molecule has 0 aliphatic heterocycles. The number of aryl methyl sites for hydroxylation is 1. The molecule has 0 aliphatic rings. The fraction of sp³-hybridized carbons (Fsp3) is 0.368. The molecule has 0 saturated carbocycles. The Balaban J connectivity index is 2.15. The van der Waals surface area contributed by atoms with E-state index in [1.54, 1.807) is 7.11 Å². The van der Waals surface area contributed by atoms with Gasteiger partial charge in [-0.15, -0.1) is 0 Å². The van der Waals surface area contributed by atoms with E-state index >= 15 is 0 Å². The fourth-order valence-corrected chi connectivity index (χ4v) is 2.35. The Morgan fingerprint density at radius 3 is 2.50 bits per heavy atom. The number of hydrogen-bond acceptors (Lipinski definition) is 3. The standard InChI is InChI=1S/C19H25NO2/c1-4-12-20-13-16-10-7-11-18(21-3)19(16)22-14-17-9-6-5-8-15(17)2/h5-11,20H,4,12-14H2,1-3H3. The first-order valence-electron chi connectivity index (χ1n) is 7.80. The van der Waals surface area contributed by atoms with E-state index in [1.165, 1.54) is 11.1 Å². The highest BCUT2D eigenvalue weighted by molar-refractivity contribution is 5.46. The largest absolute Gasteiger partial charge is 0.493 e. The number of nitrogens with one attached hydrogen (secondary N) is 1. The van der Waals surface area contributed by atoms with Crippen LogP contribution in [0, 0.1) is 6.92 Å². The third-order valence-electron chi connectivity index (χ3n) is 3.66. The summed E-state index contributed by atoms with van der Waals surface area (Å²) in [6, 6.07) is 14.3. The van der Waals surface area contributed by atoms with Crippen LogP contribution in [0.1, 0.15) is 30.0 Å².